The van der Waals surface area contributed by atoms with E-state index in [2.05, 4.69) is 41.5 Å². The first-order valence-corrected chi connectivity index (χ1v) is 6.38. The molecule has 0 spiro atoms. The van der Waals surface area contributed by atoms with Crippen LogP contribution in [0.15, 0.2) is 0 Å². The van der Waals surface area contributed by atoms with Crippen molar-refractivity contribution >= 4 is 0 Å². The minimum Gasteiger partial charge on any atom is -0.325 e. The summed E-state index contributed by atoms with van der Waals surface area (Å²) in [5.74, 6) is 2.59. The van der Waals surface area contributed by atoms with Gasteiger partial charge in [0, 0.05) is 5.54 Å². The average molecular weight is 211 g/mol. The van der Waals surface area contributed by atoms with Crippen LogP contribution in [-0.2, 0) is 0 Å². The van der Waals surface area contributed by atoms with Crippen molar-refractivity contribution in [1.82, 2.24) is 0 Å². The SMILES string of the molecule is CC(CC1CC1CC(C)(C)C)C(C)(C)N. The lowest BCUT2D eigenvalue weighted by atomic mass is 9.84. The van der Waals surface area contributed by atoms with E-state index in [0.29, 0.717) is 11.3 Å². The molecule has 90 valence electrons. The van der Waals surface area contributed by atoms with Crippen LogP contribution in [0.5, 0.6) is 0 Å². The maximum absolute atomic E-state index is 6.13. The fraction of sp³-hybridized carbons (Fsp3) is 1.00. The molecule has 1 aliphatic rings. The molecule has 1 saturated carbocycles. The van der Waals surface area contributed by atoms with Gasteiger partial charge in [0.2, 0.25) is 0 Å². The molecular weight excluding hydrogens is 182 g/mol. The van der Waals surface area contributed by atoms with Crippen LogP contribution in [0, 0.1) is 23.2 Å². The van der Waals surface area contributed by atoms with Crippen LogP contribution in [0.1, 0.15) is 60.8 Å². The normalized spacial score (nSPS) is 29.0. The third-order valence-corrected chi connectivity index (χ3v) is 3.87. The summed E-state index contributed by atoms with van der Waals surface area (Å²) in [7, 11) is 0. The highest BCUT2D eigenvalue weighted by Gasteiger charge is 2.41. The van der Waals surface area contributed by atoms with Crippen molar-refractivity contribution in [3.63, 3.8) is 0 Å². The van der Waals surface area contributed by atoms with E-state index in [9.17, 15) is 0 Å². The fourth-order valence-electron chi connectivity index (χ4n) is 2.39. The molecule has 0 aromatic rings. The molecule has 0 heterocycles. The van der Waals surface area contributed by atoms with Crippen molar-refractivity contribution in [3.8, 4) is 0 Å². The molecule has 2 N–H and O–H groups in total. The van der Waals surface area contributed by atoms with Gasteiger partial charge >= 0.3 is 0 Å². The quantitative estimate of drug-likeness (QED) is 0.751. The minimum absolute atomic E-state index is 0.00509. The fourth-order valence-corrected chi connectivity index (χ4v) is 2.39. The van der Waals surface area contributed by atoms with E-state index in [4.69, 9.17) is 5.73 Å². The standard InChI is InChI=1S/C14H29N/c1-10(14(5,6)15)7-11-8-12(11)9-13(2,3)4/h10-12H,7-9,15H2,1-6H3. The summed E-state index contributed by atoms with van der Waals surface area (Å²) < 4.78 is 0. The number of nitrogens with two attached hydrogens (primary N) is 1. The Kier molecular flexibility index (Phi) is 3.55. The van der Waals surface area contributed by atoms with Crippen LogP contribution >= 0.6 is 0 Å². The Balaban J connectivity index is 2.28. The molecule has 0 amide bonds. The smallest absolute Gasteiger partial charge is 0.0123 e. The summed E-state index contributed by atoms with van der Waals surface area (Å²) in [5.41, 5.74) is 6.62. The summed E-state index contributed by atoms with van der Waals surface area (Å²) in [6.45, 7) is 13.6. The monoisotopic (exact) mass is 211 g/mol. The zero-order valence-electron chi connectivity index (χ0n) is 11.4. The zero-order chi connectivity index (χ0) is 11.9. The van der Waals surface area contributed by atoms with Crippen molar-refractivity contribution in [2.45, 2.75) is 66.3 Å². The van der Waals surface area contributed by atoms with Crippen molar-refractivity contribution < 1.29 is 0 Å². The molecular formula is C14H29N. The van der Waals surface area contributed by atoms with Gasteiger partial charge in [-0.25, -0.2) is 0 Å². The Bertz CT molecular complexity index is 206. The lowest BCUT2D eigenvalue weighted by Gasteiger charge is -2.27. The van der Waals surface area contributed by atoms with Gasteiger partial charge in [0.25, 0.3) is 0 Å². The lowest BCUT2D eigenvalue weighted by molar-refractivity contribution is 0.292. The molecule has 1 nitrogen and oxygen atoms in total. The van der Waals surface area contributed by atoms with Crippen molar-refractivity contribution in [1.29, 1.82) is 0 Å². The summed E-state index contributed by atoms with van der Waals surface area (Å²) in [6, 6.07) is 0. The van der Waals surface area contributed by atoms with Gasteiger partial charge in [-0.2, -0.15) is 0 Å². The molecule has 3 unspecified atom stereocenters. The maximum Gasteiger partial charge on any atom is 0.0123 e. The van der Waals surface area contributed by atoms with Crippen LogP contribution in [0.2, 0.25) is 0 Å². The summed E-state index contributed by atoms with van der Waals surface area (Å²) in [6.07, 6.45) is 4.15. The molecule has 1 rings (SSSR count). The minimum atomic E-state index is -0.00509. The Morgan fingerprint density at radius 3 is 2.07 bits per heavy atom. The molecule has 1 heteroatoms. The van der Waals surface area contributed by atoms with E-state index >= 15 is 0 Å². The number of rotatable bonds is 4. The highest BCUT2D eigenvalue weighted by atomic mass is 14.7. The Morgan fingerprint density at radius 1 is 1.13 bits per heavy atom. The topological polar surface area (TPSA) is 26.0 Å². The Labute approximate surface area is 95.8 Å². The molecule has 0 aromatic carbocycles. The molecule has 15 heavy (non-hydrogen) atoms. The van der Waals surface area contributed by atoms with Gasteiger partial charge in [0.05, 0.1) is 0 Å². The molecule has 0 saturated heterocycles. The van der Waals surface area contributed by atoms with Crippen molar-refractivity contribution in [2.75, 3.05) is 0 Å². The predicted molar refractivity (Wildman–Crippen MR) is 67.7 cm³/mol. The van der Waals surface area contributed by atoms with Crippen LogP contribution in [0.4, 0.5) is 0 Å². The van der Waals surface area contributed by atoms with Gasteiger partial charge in [0.1, 0.15) is 0 Å². The van der Waals surface area contributed by atoms with Crippen LogP contribution < -0.4 is 5.73 Å². The molecule has 0 radical (unpaired) electrons. The number of hydrogen-bond donors (Lipinski definition) is 1. The predicted octanol–water partition coefficient (Wildman–Crippen LogP) is 3.82. The average Bonchev–Trinajstić information content (AvgIpc) is 2.61. The van der Waals surface area contributed by atoms with E-state index in [1.807, 2.05) is 0 Å². The molecule has 1 aliphatic carbocycles. The largest absolute Gasteiger partial charge is 0.325 e. The third-order valence-electron chi connectivity index (χ3n) is 3.87. The lowest BCUT2D eigenvalue weighted by Crippen LogP contribution is -2.39. The van der Waals surface area contributed by atoms with Gasteiger partial charge in [0.15, 0.2) is 0 Å². The first-order valence-electron chi connectivity index (χ1n) is 6.38. The van der Waals surface area contributed by atoms with E-state index in [-0.39, 0.29) is 5.54 Å². The molecule has 0 bridgehead atoms. The van der Waals surface area contributed by atoms with Crippen molar-refractivity contribution in [2.24, 2.45) is 28.9 Å². The third kappa shape index (κ3) is 4.55. The first-order chi connectivity index (χ1) is 6.59. The summed E-state index contributed by atoms with van der Waals surface area (Å²) in [5, 5.41) is 0. The van der Waals surface area contributed by atoms with E-state index in [1.165, 1.54) is 19.3 Å². The first kappa shape index (κ1) is 13.0. The summed E-state index contributed by atoms with van der Waals surface area (Å²) >= 11 is 0. The van der Waals surface area contributed by atoms with Crippen LogP contribution in [0.25, 0.3) is 0 Å². The van der Waals surface area contributed by atoms with Crippen molar-refractivity contribution in [3.05, 3.63) is 0 Å². The second-order valence-corrected chi connectivity index (χ2v) is 7.48. The maximum atomic E-state index is 6.13. The summed E-state index contributed by atoms with van der Waals surface area (Å²) in [4.78, 5) is 0. The van der Waals surface area contributed by atoms with Gasteiger partial charge in [-0.1, -0.05) is 27.7 Å². The Hall–Kier alpha value is -0.0400. The highest BCUT2D eigenvalue weighted by Crippen LogP contribution is 2.49. The van der Waals surface area contributed by atoms with Gasteiger partial charge in [-0.3, -0.25) is 0 Å². The van der Waals surface area contributed by atoms with Gasteiger partial charge < -0.3 is 5.73 Å². The molecule has 0 aliphatic heterocycles. The van der Waals surface area contributed by atoms with E-state index in [1.54, 1.807) is 0 Å². The number of hydrogen-bond acceptors (Lipinski definition) is 1. The van der Waals surface area contributed by atoms with Crippen LogP contribution in [0.3, 0.4) is 0 Å². The molecule has 3 atom stereocenters. The van der Waals surface area contributed by atoms with E-state index < -0.39 is 0 Å². The van der Waals surface area contributed by atoms with Gasteiger partial charge in [-0.15, -0.1) is 0 Å². The van der Waals surface area contributed by atoms with Crippen LogP contribution in [-0.4, -0.2) is 5.54 Å². The second-order valence-electron chi connectivity index (χ2n) is 7.48. The Morgan fingerprint density at radius 2 is 1.67 bits per heavy atom. The van der Waals surface area contributed by atoms with E-state index in [0.717, 1.165) is 11.8 Å². The molecule has 0 aromatic heterocycles. The molecule has 1 fully saturated rings. The highest BCUT2D eigenvalue weighted by molar-refractivity contribution is 4.92. The second kappa shape index (κ2) is 4.08. The van der Waals surface area contributed by atoms with Gasteiger partial charge in [-0.05, 0) is 56.3 Å². The zero-order valence-corrected chi connectivity index (χ0v) is 11.4.